The molecular weight excluding hydrogens is 242 g/mol. The van der Waals surface area contributed by atoms with Crippen LogP contribution in [0.25, 0.3) is 0 Å². The van der Waals surface area contributed by atoms with Gasteiger partial charge < -0.3 is 5.73 Å². The van der Waals surface area contributed by atoms with Gasteiger partial charge in [-0.1, -0.05) is 24.6 Å². The molecule has 1 fully saturated rings. The molecule has 104 valence electrons. The van der Waals surface area contributed by atoms with Crippen molar-refractivity contribution in [3.05, 3.63) is 39.9 Å². The summed E-state index contributed by atoms with van der Waals surface area (Å²) in [7, 11) is 2.04. The standard InChI is InChI=1S/C14H21N3O2/c1-16(13-8-4-6-11(13)9-15)10-12-5-2-3-7-14(12)17(18)19/h2-3,5,7,11,13H,4,6,8-10,15H2,1H3. The molecule has 1 aromatic rings. The topological polar surface area (TPSA) is 72.4 Å². The monoisotopic (exact) mass is 263 g/mol. The average molecular weight is 263 g/mol. The van der Waals surface area contributed by atoms with Gasteiger partial charge in [0.2, 0.25) is 0 Å². The van der Waals surface area contributed by atoms with Gasteiger partial charge >= 0.3 is 0 Å². The second-order valence-corrected chi connectivity index (χ2v) is 5.29. The molecule has 0 aromatic heterocycles. The van der Waals surface area contributed by atoms with Crippen molar-refractivity contribution in [2.45, 2.75) is 31.8 Å². The van der Waals surface area contributed by atoms with Gasteiger partial charge in [0.15, 0.2) is 0 Å². The number of nitro groups is 1. The van der Waals surface area contributed by atoms with Gasteiger partial charge in [-0.05, 0) is 32.4 Å². The van der Waals surface area contributed by atoms with E-state index in [2.05, 4.69) is 4.90 Å². The van der Waals surface area contributed by atoms with Gasteiger partial charge in [0.25, 0.3) is 5.69 Å². The van der Waals surface area contributed by atoms with Crippen LogP contribution in [0.2, 0.25) is 0 Å². The number of rotatable bonds is 5. The lowest BCUT2D eigenvalue weighted by Gasteiger charge is -2.29. The van der Waals surface area contributed by atoms with E-state index in [1.807, 2.05) is 19.2 Å². The zero-order chi connectivity index (χ0) is 13.8. The number of nitrogens with zero attached hydrogens (tertiary/aromatic N) is 2. The highest BCUT2D eigenvalue weighted by atomic mass is 16.6. The number of nitrogens with two attached hydrogens (primary N) is 1. The van der Waals surface area contributed by atoms with Crippen molar-refractivity contribution in [1.29, 1.82) is 0 Å². The highest BCUT2D eigenvalue weighted by Gasteiger charge is 2.30. The van der Waals surface area contributed by atoms with Crippen LogP contribution < -0.4 is 5.73 Å². The summed E-state index contributed by atoms with van der Waals surface area (Å²) in [5, 5.41) is 11.0. The first-order valence-corrected chi connectivity index (χ1v) is 6.76. The molecule has 1 aliphatic carbocycles. The van der Waals surface area contributed by atoms with Gasteiger partial charge in [-0.2, -0.15) is 0 Å². The van der Waals surface area contributed by atoms with E-state index in [1.54, 1.807) is 12.1 Å². The Morgan fingerprint density at radius 1 is 1.42 bits per heavy atom. The molecule has 0 heterocycles. The molecule has 2 rings (SSSR count). The minimum atomic E-state index is -0.307. The van der Waals surface area contributed by atoms with Crippen LogP contribution in [0.3, 0.4) is 0 Å². The van der Waals surface area contributed by atoms with Crippen LogP contribution in [0, 0.1) is 16.0 Å². The second-order valence-electron chi connectivity index (χ2n) is 5.29. The van der Waals surface area contributed by atoms with Crippen molar-refractivity contribution in [2.75, 3.05) is 13.6 Å². The minimum absolute atomic E-state index is 0.205. The van der Waals surface area contributed by atoms with Crippen molar-refractivity contribution in [3.8, 4) is 0 Å². The van der Waals surface area contributed by atoms with E-state index in [-0.39, 0.29) is 10.6 Å². The third-order valence-electron chi connectivity index (χ3n) is 4.10. The first-order valence-electron chi connectivity index (χ1n) is 6.76. The predicted octanol–water partition coefficient (Wildman–Crippen LogP) is 2.15. The number of para-hydroxylation sites is 1. The predicted molar refractivity (Wildman–Crippen MR) is 74.7 cm³/mol. The molecule has 2 N–H and O–H groups in total. The Hall–Kier alpha value is -1.46. The van der Waals surface area contributed by atoms with Gasteiger partial charge in [0.1, 0.15) is 0 Å². The molecule has 1 aliphatic rings. The largest absolute Gasteiger partial charge is 0.330 e. The molecule has 0 bridgehead atoms. The van der Waals surface area contributed by atoms with Gasteiger partial charge in [-0.15, -0.1) is 0 Å². The van der Waals surface area contributed by atoms with E-state index >= 15 is 0 Å². The van der Waals surface area contributed by atoms with Gasteiger partial charge in [-0.25, -0.2) is 0 Å². The first kappa shape index (κ1) is 14.0. The Morgan fingerprint density at radius 3 is 2.84 bits per heavy atom. The minimum Gasteiger partial charge on any atom is -0.330 e. The molecule has 0 aliphatic heterocycles. The van der Waals surface area contributed by atoms with Crippen LogP contribution in [0.4, 0.5) is 5.69 Å². The lowest BCUT2D eigenvalue weighted by molar-refractivity contribution is -0.385. The van der Waals surface area contributed by atoms with Crippen molar-refractivity contribution in [3.63, 3.8) is 0 Å². The van der Waals surface area contributed by atoms with Crippen LogP contribution in [0.15, 0.2) is 24.3 Å². The molecule has 2 atom stereocenters. The molecule has 0 saturated heterocycles. The Kier molecular flexibility index (Phi) is 4.50. The normalized spacial score (nSPS) is 22.9. The molecule has 19 heavy (non-hydrogen) atoms. The van der Waals surface area contributed by atoms with Crippen LogP contribution in [-0.4, -0.2) is 29.5 Å². The molecule has 0 spiro atoms. The van der Waals surface area contributed by atoms with Crippen LogP contribution >= 0.6 is 0 Å². The Labute approximate surface area is 113 Å². The van der Waals surface area contributed by atoms with Crippen molar-refractivity contribution >= 4 is 5.69 Å². The Balaban J connectivity index is 2.10. The third kappa shape index (κ3) is 3.11. The summed E-state index contributed by atoms with van der Waals surface area (Å²) in [5.41, 5.74) is 6.78. The summed E-state index contributed by atoms with van der Waals surface area (Å²) in [4.78, 5) is 12.9. The lowest BCUT2D eigenvalue weighted by Crippen LogP contribution is -2.37. The van der Waals surface area contributed by atoms with E-state index in [0.29, 0.717) is 25.0 Å². The van der Waals surface area contributed by atoms with Crippen molar-refractivity contribution < 1.29 is 4.92 Å². The quantitative estimate of drug-likeness (QED) is 0.652. The Bertz CT molecular complexity index is 450. The fraction of sp³-hybridized carbons (Fsp3) is 0.571. The molecule has 1 saturated carbocycles. The van der Waals surface area contributed by atoms with E-state index in [0.717, 1.165) is 12.0 Å². The van der Waals surface area contributed by atoms with Crippen molar-refractivity contribution in [1.82, 2.24) is 4.90 Å². The second kappa shape index (κ2) is 6.12. The van der Waals surface area contributed by atoms with E-state index in [9.17, 15) is 10.1 Å². The third-order valence-corrected chi connectivity index (χ3v) is 4.10. The maximum Gasteiger partial charge on any atom is 0.273 e. The molecule has 0 radical (unpaired) electrons. The molecule has 1 aromatic carbocycles. The summed E-state index contributed by atoms with van der Waals surface area (Å²) >= 11 is 0. The Morgan fingerprint density at radius 2 is 2.16 bits per heavy atom. The maximum absolute atomic E-state index is 11.0. The lowest BCUT2D eigenvalue weighted by atomic mass is 10.0. The highest BCUT2D eigenvalue weighted by molar-refractivity contribution is 5.39. The average Bonchev–Trinajstić information content (AvgIpc) is 2.87. The summed E-state index contributed by atoms with van der Waals surface area (Å²) in [5.74, 6) is 0.521. The fourth-order valence-corrected chi connectivity index (χ4v) is 3.08. The maximum atomic E-state index is 11.0. The number of hydrogen-bond acceptors (Lipinski definition) is 4. The summed E-state index contributed by atoms with van der Waals surface area (Å²) in [6.45, 7) is 1.31. The van der Waals surface area contributed by atoms with E-state index in [1.165, 1.54) is 12.8 Å². The van der Waals surface area contributed by atoms with Gasteiger partial charge in [0.05, 0.1) is 4.92 Å². The number of hydrogen-bond donors (Lipinski definition) is 1. The van der Waals surface area contributed by atoms with E-state index < -0.39 is 0 Å². The first-order chi connectivity index (χ1) is 9.13. The molecule has 0 amide bonds. The summed E-state index contributed by atoms with van der Waals surface area (Å²) in [6.07, 6.45) is 3.51. The zero-order valence-corrected chi connectivity index (χ0v) is 11.3. The smallest absolute Gasteiger partial charge is 0.273 e. The van der Waals surface area contributed by atoms with Crippen molar-refractivity contribution in [2.24, 2.45) is 11.7 Å². The number of nitro benzene ring substituents is 1. The van der Waals surface area contributed by atoms with Gasteiger partial charge in [0, 0.05) is 24.2 Å². The molecular formula is C14H21N3O2. The fourth-order valence-electron chi connectivity index (χ4n) is 3.08. The SMILES string of the molecule is CN(Cc1ccccc1[N+](=O)[O-])C1CCCC1CN. The molecule has 5 nitrogen and oxygen atoms in total. The van der Waals surface area contributed by atoms with Crippen LogP contribution in [0.1, 0.15) is 24.8 Å². The summed E-state index contributed by atoms with van der Waals surface area (Å²) in [6, 6.07) is 7.41. The number of benzene rings is 1. The van der Waals surface area contributed by atoms with Crippen LogP contribution in [-0.2, 0) is 6.54 Å². The van der Waals surface area contributed by atoms with Gasteiger partial charge in [-0.3, -0.25) is 15.0 Å². The van der Waals surface area contributed by atoms with Crippen LogP contribution in [0.5, 0.6) is 0 Å². The highest BCUT2D eigenvalue weighted by Crippen LogP contribution is 2.30. The van der Waals surface area contributed by atoms with E-state index in [4.69, 9.17) is 5.73 Å². The molecule has 5 heteroatoms. The zero-order valence-electron chi connectivity index (χ0n) is 11.3. The summed E-state index contributed by atoms with van der Waals surface area (Å²) < 4.78 is 0. The molecule has 2 unspecified atom stereocenters.